The van der Waals surface area contributed by atoms with E-state index in [2.05, 4.69) is 10.0 Å². The Morgan fingerprint density at radius 1 is 0.926 bits per heavy atom. The van der Waals surface area contributed by atoms with Crippen molar-refractivity contribution in [2.45, 2.75) is 24.7 Å². The predicted molar refractivity (Wildman–Crippen MR) is 108 cm³/mol. The maximum absolute atomic E-state index is 12.6. The zero-order valence-electron chi connectivity index (χ0n) is 15.1. The number of unbranched alkanes of at least 4 members (excludes halogenated alkanes) is 1. The first-order valence-electron chi connectivity index (χ1n) is 8.89. The van der Waals surface area contributed by atoms with Crippen LogP contribution in [0.4, 0.5) is 5.69 Å². The minimum Gasteiger partial charge on any atom is -0.322 e. The molecule has 27 heavy (non-hydrogen) atoms. The van der Waals surface area contributed by atoms with Gasteiger partial charge in [-0.2, -0.15) is 0 Å². The molecule has 0 unspecified atom stereocenters. The van der Waals surface area contributed by atoms with Crippen LogP contribution in [0, 0.1) is 0 Å². The summed E-state index contributed by atoms with van der Waals surface area (Å²) in [6.45, 7) is 2.39. The molecule has 6 heteroatoms. The fourth-order valence-corrected chi connectivity index (χ4v) is 3.86. The van der Waals surface area contributed by atoms with Gasteiger partial charge in [0.2, 0.25) is 10.0 Å². The zero-order valence-corrected chi connectivity index (χ0v) is 15.9. The van der Waals surface area contributed by atoms with Crippen LogP contribution >= 0.6 is 0 Å². The van der Waals surface area contributed by atoms with E-state index in [1.807, 2.05) is 43.3 Å². The van der Waals surface area contributed by atoms with Gasteiger partial charge in [-0.25, -0.2) is 13.1 Å². The van der Waals surface area contributed by atoms with Crippen molar-refractivity contribution < 1.29 is 13.2 Å². The van der Waals surface area contributed by atoms with Crippen molar-refractivity contribution >= 4 is 32.4 Å². The number of nitrogens with one attached hydrogen (secondary N) is 2. The molecule has 0 fully saturated rings. The number of sulfonamides is 1. The highest BCUT2D eigenvalue weighted by Crippen LogP contribution is 2.19. The summed E-state index contributed by atoms with van der Waals surface area (Å²) in [5.41, 5.74) is 0.953. The van der Waals surface area contributed by atoms with Crippen LogP contribution in [-0.4, -0.2) is 20.9 Å². The molecule has 0 bridgehead atoms. The van der Waals surface area contributed by atoms with Crippen LogP contribution in [-0.2, 0) is 10.0 Å². The Morgan fingerprint density at radius 3 is 2.48 bits per heavy atom. The topological polar surface area (TPSA) is 75.3 Å². The zero-order chi connectivity index (χ0) is 19.3. The second kappa shape index (κ2) is 8.33. The molecule has 3 rings (SSSR count). The molecule has 3 aromatic carbocycles. The van der Waals surface area contributed by atoms with Gasteiger partial charge in [0.1, 0.15) is 0 Å². The van der Waals surface area contributed by atoms with E-state index in [9.17, 15) is 13.2 Å². The lowest BCUT2D eigenvalue weighted by Gasteiger charge is -2.10. The molecule has 0 aliphatic carbocycles. The van der Waals surface area contributed by atoms with Gasteiger partial charge in [0.25, 0.3) is 5.91 Å². The maximum Gasteiger partial charge on any atom is 0.255 e. The second-order valence-corrected chi connectivity index (χ2v) is 8.06. The van der Waals surface area contributed by atoms with Crippen LogP contribution in [0.1, 0.15) is 30.1 Å². The number of anilines is 1. The first-order chi connectivity index (χ1) is 13.0. The van der Waals surface area contributed by atoms with E-state index < -0.39 is 10.0 Å². The summed E-state index contributed by atoms with van der Waals surface area (Å²) in [5.74, 6) is -0.283. The molecule has 0 aliphatic heterocycles. The summed E-state index contributed by atoms with van der Waals surface area (Å²) in [6, 6.07) is 19.5. The molecule has 1 amide bonds. The third-order valence-electron chi connectivity index (χ3n) is 4.24. The number of hydrogen-bond donors (Lipinski definition) is 2. The van der Waals surface area contributed by atoms with Crippen molar-refractivity contribution in [3.63, 3.8) is 0 Å². The van der Waals surface area contributed by atoms with Crippen LogP contribution in [0.5, 0.6) is 0 Å². The first kappa shape index (κ1) is 19.1. The van der Waals surface area contributed by atoms with Gasteiger partial charge in [-0.3, -0.25) is 4.79 Å². The highest BCUT2D eigenvalue weighted by Gasteiger charge is 2.14. The molecule has 140 valence electrons. The van der Waals surface area contributed by atoms with Crippen molar-refractivity contribution in [3.05, 3.63) is 72.3 Å². The highest BCUT2D eigenvalue weighted by atomic mass is 32.2. The van der Waals surface area contributed by atoms with Gasteiger partial charge in [-0.15, -0.1) is 0 Å². The summed E-state index contributed by atoms with van der Waals surface area (Å²) in [7, 11) is -3.59. The molecule has 0 aliphatic rings. The number of benzene rings is 3. The molecule has 0 saturated carbocycles. The molecule has 3 aromatic rings. The Balaban J connectivity index is 1.77. The number of fused-ring (bicyclic) bond motifs is 1. The van der Waals surface area contributed by atoms with E-state index in [4.69, 9.17) is 0 Å². The smallest absolute Gasteiger partial charge is 0.255 e. The summed E-state index contributed by atoms with van der Waals surface area (Å²) in [5, 5.41) is 4.80. The van der Waals surface area contributed by atoms with Crippen molar-refractivity contribution in [3.8, 4) is 0 Å². The van der Waals surface area contributed by atoms with E-state index in [0.717, 1.165) is 23.6 Å². The van der Waals surface area contributed by atoms with E-state index in [-0.39, 0.29) is 10.8 Å². The Morgan fingerprint density at radius 2 is 1.70 bits per heavy atom. The van der Waals surface area contributed by atoms with Crippen molar-refractivity contribution in [1.82, 2.24) is 4.72 Å². The van der Waals surface area contributed by atoms with Crippen molar-refractivity contribution in [2.75, 3.05) is 11.9 Å². The number of hydrogen-bond acceptors (Lipinski definition) is 3. The molecule has 0 spiro atoms. The third-order valence-corrected chi connectivity index (χ3v) is 5.69. The van der Waals surface area contributed by atoms with E-state index >= 15 is 0 Å². The Bertz CT molecular complexity index is 1060. The van der Waals surface area contributed by atoms with Crippen molar-refractivity contribution in [2.24, 2.45) is 0 Å². The lowest BCUT2D eigenvalue weighted by Crippen LogP contribution is -2.24. The standard InChI is InChI=1S/C21H22N2O3S/c1-2-3-13-22-27(25,26)20-10-6-9-19(15-20)23-21(24)18-12-11-16-7-4-5-8-17(16)14-18/h4-12,14-15,22H,2-3,13H2,1H3,(H,23,24). The van der Waals surface area contributed by atoms with Gasteiger partial charge in [0.15, 0.2) is 0 Å². The maximum atomic E-state index is 12.6. The molecule has 5 nitrogen and oxygen atoms in total. The molecule has 0 heterocycles. The average Bonchev–Trinajstić information content (AvgIpc) is 2.68. The third kappa shape index (κ3) is 4.72. The quantitative estimate of drug-likeness (QED) is 0.602. The summed E-state index contributed by atoms with van der Waals surface area (Å²) in [4.78, 5) is 12.7. The van der Waals surface area contributed by atoms with Gasteiger partial charge in [0.05, 0.1) is 4.90 Å². The monoisotopic (exact) mass is 382 g/mol. The highest BCUT2D eigenvalue weighted by molar-refractivity contribution is 7.89. The largest absolute Gasteiger partial charge is 0.322 e. The van der Waals surface area contributed by atoms with Crippen LogP contribution in [0.3, 0.4) is 0 Å². The Hall–Kier alpha value is -2.70. The van der Waals surface area contributed by atoms with Gasteiger partial charge >= 0.3 is 0 Å². The summed E-state index contributed by atoms with van der Waals surface area (Å²) in [6.07, 6.45) is 1.68. The molecule has 0 aromatic heterocycles. The number of carbonyl (C=O) groups is 1. The summed E-state index contributed by atoms with van der Waals surface area (Å²) < 4.78 is 27.2. The fraction of sp³-hybridized carbons (Fsp3) is 0.190. The molecule has 0 radical (unpaired) electrons. The van der Waals surface area contributed by atoms with E-state index in [1.165, 1.54) is 12.1 Å². The number of carbonyl (C=O) groups excluding carboxylic acids is 1. The Kier molecular flexibility index (Phi) is 5.88. The normalized spacial score (nSPS) is 11.4. The van der Waals surface area contributed by atoms with Gasteiger partial charge in [-0.05, 0) is 47.5 Å². The van der Waals surface area contributed by atoms with Gasteiger partial charge < -0.3 is 5.32 Å². The number of amides is 1. The Labute approximate surface area is 159 Å². The minimum absolute atomic E-state index is 0.134. The lowest BCUT2D eigenvalue weighted by atomic mass is 10.1. The van der Waals surface area contributed by atoms with Gasteiger partial charge in [0, 0.05) is 17.8 Å². The molecule has 2 N–H and O–H groups in total. The van der Waals surface area contributed by atoms with Crippen LogP contribution in [0.2, 0.25) is 0 Å². The van der Waals surface area contributed by atoms with Crippen LogP contribution < -0.4 is 10.0 Å². The molecule has 0 saturated heterocycles. The molecular formula is C21H22N2O3S. The summed E-state index contributed by atoms with van der Waals surface area (Å²) >= 11 is 0. The van der Waals surface area contributed by atoms with Gasteiger partial charge in [-0.1, -0.05) is 49.7 Å². The van der Waals surface area contributed by atoms with Crippen LogP contribution in [0.25, 0.3) is 10.8 Å². The van der Waals surface area contributed by atoms with Crippen molar-refractivity contribution in [1.29, 1.82) is 0 Å². The minimum atomic E-state index is -3.59. The fourth-order valence-electron chi connectivity index (χ4n) is 2.74. The molecular weight excluding hydrogens is 360 g/mol. The lowest BCUT2D eigenvalue weighted by molar-refractivity contribution is 0.102. The second-order valence-electron chi connectivity index (χ2n) is 6.30. The van der Waals surface area contributed by atoms with E-state index in [1.54, 1.807) is 18.2 Å². The van der Waals surface area contributed by atoms with E-state index in [0.29, 0.717) is 17.8 Å². The SMILES string of the molecule is CCCCNS(=O)(=O)c1cccc(NC(=O)c2ccc3ccccc3c2)c1. The first-order valence-corrected chi connectivity index (χ1v) is 10.4. The predicted octanol–water partition coefficient (Wildman–Crippen LogP) is 4.17. The average molecular weight is 382 g/mol. The number of rotatable bonds is 7. The van der Waals surface area contributed by atoms with Crippen LogP contribution in [0.15, 0.2) is 71.6 Å². The molecule has 0 atom stereocenters.